The van der Waals surface area contributed by atoms with E-state index in [1.807, 2.05) is 0 Å². The number of anilines is 2. The van der Waals surface area contributed by atoms with E-state index in [4.69, 9.17) is 5.26 Å². The number of nitrogens with zero attached hydrogens (tertiary/aromatic N) is 4. The predicted octanol–water partition coefficient (Wildman–Crippen LogP) is 2.08. The number of hydrogen-bond acceptors (Lipinski definition) is 7. The first-order valence-corrected chi connectivity index (χ1v) is 9.28. The highest BCUT2D eigenvalue weighted by Crippen LogP contribution is 2.21. The molecule has 0 bridgehead atoms. The molecule has 4 heterocycles. The molecule has 3 aromatic heterocycles. The summed E-state index contributed by atoms with van der Waals surface area (Å²) in [6, 6.07) is 5.83. The summed E-state index contributed by atoms with van der Waals surface area (Å²) in [4.78, 5) is 17.0. The Labute approximate surface area is 153 Å². The number of nitrogens with one attached hydrogen (secondary N) is 3. The van der Waals surface area contributed by atoms with Gasteiger partial charge in [0.25, 0.3) is 5.91 Å². The Morgan fingerprint density at radius 3 is 3.15 bits per heavy atom. The summed E-state index contributed by atoms with van der Waals surface area (Å²) in [7, 11) is 0. The monoisotopic (exact) mass is 367 g/mol. The Morgan fingerprint density at radius 2 is 2.35 bits per heavy atom. The number of piperidine rings is 1. The number of carbonyl (C=O) groups excluding carboxylic acids is 1. The van der Waals surface area contributed by atoms with E-state index < -0.39 is 0 Å². The van der Waals surface area contributed by atoms with Crippen LogP contribution in [0.15, 0.2) is 29.1 Å². The van der Waals surface area contributed by atoms with Crippen LogP contribution in [0.2, 0.25) is 0 Å². The fraction of sp³-hybridized carbons (Fsp3) is 0.294. The standard InChI is InChI=1S/C17H17N7OS/c18-6-11-9-26-10-14(11)22-16(25)15-4-3-13-8-20-17(23-24(13)15)21-12-2-1-5-19-7-12/h3-4,8-10,12,19H,1-2,5,7H2,(H,21,23)(H,22,25)/t12-/m1/s1. The third-order valence-electron chi connectivity index (χ3n) is 4.29. The van der Waals surface area contributed by atoms with Gasteiger partial charge in [-0.05, 0) is 31.5 Å². The van der Waals surface area contributed by atoms with Crippen molar-refractivity contribution in [3.8, 4) is 6.07 Å². The van der Waals surface area contributed by atoms with Gasteiger partial charge in [0.15, 0.2) is 0 Å². The van der Waals surface area contributed by atoms with Gasteiger partial charge in [-0.15, -0.1) is 16.4 Å². The van der Waals surface area contributed by atoms with E-state index in [2.05, 4.69) is 32.1 Å². The highest BCUT2D eigenvalue weighted by atomic mass is 32.1. The molecule has 3 aromatic rings. The molecular weight excluding hydrogens is 350 g/mol. The van der Waals surface area contributed by atoms with Gasteiger partial charge < -0.3 is 16.0 Å². The van der Waals surface area contributed by atoms with Crippen LogP contribution in [0, 0.1) is 11.3 Å². The number of aromatic nitrogens is 3. The zero-order valence-electron chi connectivity index (χ0n) is 13.9. The Kier molecular flexibility index (Phi) is 4.51. The Hall–Kier alpha value is -2.96. The van der Waals surface area contributed by atoms with Crippen LogP contribution in [0.3, 0.4) is 0 Å². The van der Waals surface area contributed by atoms with Gasteiger partial charge in [-0.3, -0.25) is 4.79 Å². The SMILES string of the molecule is N#Cc1cscc1NC(=O)c1ccc2cnc(N[C@@H]3CCCNC3)nn12. The van der Waals surface area contributed by atoms with Crippen molar-refractivity contribution in [2.75, 3.05) is 23.7 Å². The second-order valence-electron chi connectivity index (χ2n) is 6.09. The zero-order chi connectivity index (χ0) is 17.9. The molecular formula is C17H17N7OS. The lowest BCUT2D eigenvalue weighted by Gasteiger charge is -2.23. The van der Waals surface area contributed by atoms with Crippen molar-refractivity contribution >= 4 is 34.4 Å². The summed E-state index contributed by atoms with van der Waals surface area (Å²) in [6.45, 7) is 1.91. The molecule has 0 spiro atoms. The largest absolute Gasteiger partial charge is 0.349 e. The fourth-order valence-corrected chi connectivity index (χ4v) is 3.67. The first kappa shape index (κ1) is 16.5. The molecule has 132 valence electrons. The first-order chi connectivity index (χ1) is 12.7. The van der Waals surface area contributed by atoms with Crippen LogP contribution in [0.5, 0.6) is 0 Å². The first-order valence-electron chi connectivity index (χ1n) is 8.34. The maximum absolute atomic E-state index is 12.6. The molecule has 1 fully saturated rings. The van der Waals surface area contributed by atoms with Crippen LogP contribution < -0.4 is 16.0 Å². The van der Waals surface area contributed by atoms with Crippen molar-refractivity contribution in [3.05, 3.63) is 40.3 Å². The van der Waals surface area contributed by atoms with E-state index in [0.717, 1.165) is 31.4 Å². The summed E-state index contributed by atoms with van der Waals surface area (Å²) in [5.74, 6) is 0.175. The molecule has 8 nitrogen and oxygen atoms in total. The molecule has 0 aliphatic carbocycles. The van der Waals surface area contributed by atoms with E-state index in [1.54, 1.807) is 33.6 Å². The van der Waals surface area contributed by atoms with E-state index in [1.165, 1.54) is 11.3 Å². The maximum atomic E-state index is 12.6. The van der Waals surface area contributed by atoms with Crippen LogP contribution in [0.25, 0.3) is 5.52 Å². The Balaban J connectivity index is 1.58. The molecule has 0 unspecified atom stereocenters. The van der Waals surface area contributed by atoms with Crippen molar-refractivity contribution in [2.24, 2.45) is 0 Å². The minimum atomic E-state index is -0.316. The van der Waals surface area contributed by atoms with Gasteiger partial charge in [0.2, 0.25) is 5.95 Å². The van der Waals surface area contributed by atoms with Crippen LogP contribution in [-0.4, -0.2) is 39.6 Å². The summed E-state index contributed by atoms with van der Waals surface area (Å²) < 4.78 is 1.57. The second kappa shape index (κ2) is 7.11. The number of amides is 1. The van der Waals surface area contributed by atoms with Crippen molar-refractivity contribution in [3.63, 3.8) is 0 Å². The third-order valence-corrected chi connectivity index (χ3v) is 5.04. The van der Waals surface area contributed by atoms with Crippen LogP contribution in [0.4, 0.5) is 11.6 Å². The van der Waals surface area contributed by atoms with Gasteiger partial charge in [0.1, 0.15) is 11.8 Å². The smallest absolute Gasteiger partial charge is 0.274 e. The van der Waals surface area contributed by atoms with Crippen molar-refractivity contribution in [1.29, 1.82) is 5.26 Å². The molecule has 1 saturated heterocycles. The molecule has 26 heavy (non-hydrogen) atoms. The fourth-order valence-electron chi connectivity index (χ4n) is 2.96. The summed E-state index contributed by atoms with van der Waals surface area (Å²) >= 11 is 1.37. The average molecular weight is 367 g/mol. The molecule has 1 aliphatic heterocycles. The van der Waals surface area contributed by atoms with Crippen LogP contribution in [0.1, 0.15) is 28.9 Å². The second-order valence-corrected chi connectivity index (χ2v) is 6.83. The van der Waals surface area contributed by atoms with Gasteiger partial charge in [0.05, 0.1) is 23.0 Å². The molecule has 0 saturated carbocycles. The van der Waals surface area contributed by atoms with Crippen molar-refractivity contribution in [2.45, 2.75) is 18.9 Å². The minimum Gasteiger partial charge on any atom is -0.349 e. The van der Waals surface area contributed by atoms with Crippen LogP contribution >= 0.6 is 11.3 Å². The quantitative estimate of drug-likeness (QED) is 0.652. The number of fused-ring (bicyclic) bond motifs is 1. The summed E-state index contributed by atoms with van der Waals surface area (Å²) in [5.41, 5.74) is 2.08. The van der Waals surface area contributed by atoms with Gasteiger partial charge >= 0.3 is 0 Å². The number of hydrogen-bond donors (Lipinski definition) is 3. The predicted molar refractivity (Wildman–Crippen MR) is 99.5 cm³/mol. The average Bonchev–Trinajstić information content (AvgIpc) is 3.28. The number of rotatable bonds is 4. The van der Waals surface area contributed by atoms with Crippen molar-refractivity contribution < 1.29 is 4.79 Å². The number of carbonyl (C=O) groups is 1. The molecule has 1 aliphatic rings. The van der Waals surface area contributed by atoms with Crippen LogP contribution in [-0.2, 0) is 0 Å². The highest BCUT2D eigenvalue weighted by molar-refractivity contribution is 7.08. The third kappa shape index (κ3) is 3.24. The maximum Gasteiger partial charge on any atom is 0.274 e. The van der Waals surface area contributed by atoms with Crippen molar-refractivity contribution in [1.82, 2.24) is 19.9 Å². The zero-order valence-corrected chi connectivity index (χ0v) is 14.7. The van der Waals surface area contributed by atoms with Gasteiger partial charge in [0, 0.05) is 23.3 Å². The van der Waals surface area contributed by atoms with E-state index >= 15 is 0 Å². The summed E-state index contributed by atoms with van der Waals surface area (Å²) in [5, 5.41) is 26.4. The molecule has 3 N–H and O–H groups in total. The van der Waals surface area contributed by atoms with Gasteiger partial charge in [-0.25, -0.2) is 9.50 Å². The number of nitriles is 1. The van der Waals surface area contributed by atoms with E-state index in [-0.39, 0.29) is 11.9 Å². The lowest BCUT2D eigenvalue weighted by molar-refractivity contribution is 0.102. The molecule has 4 rings (SSSR count). The normalized spacial score (nSPS) is 17.0. The topological polar surface area (TPSA) is 107 Å². The number of thiophene rings is 1. The molecule has 0 aromatic carbocycles. The lowest BCUT2D eigenvalue weighted by Crippen LogP contribution is -2.39. The molecule has 0 radical (unpaired) electrons. The lowest BCUT2D eigenvalue weighted by atomic mass is 10.1. The minimum absolute atomic E-state index is 0.276. The Morgan fingerprint density at radius 1 is 1.42 bits per heavy atom. The Bertz CT molecular complexity index is 981. The molecule has 1 amide bonds. The van der Waals surface area contributed by atoms with E-state index in [9.17, 15) is 4.79 Å². The molecule has 9 heteroatoms. The van der Waals surface area contributed by atoms with Gasteiger partial charge in [-0.1, -0.05) is 0 Å². The summed E-state index contributed by atoms with van der Waals surface area (Å²) in [6.07, 6.45) is 3.86. The molecule has 1 atom stereocenters. The van der Waals surface area contributed by atoms with E-state index in [0.29, 0.717) is 22.9 Å². The highest BCUT2D eigenvalue weighted by Gasteiger charge is 2.17. The van der Waals surface area contributed by atoms with Gasteiger partial charge in [-0.2, -0.15) is 5.26 Å².